The van der Waals surface area contributed by atoms with Gasteiger partial charge in [-0.2, -0.15) is 0 Å². The number of carbonyl (C=O) groups excluding carboxylic acids is 3. The van der Waals surface area contributed by atoms with Gasteiger partial charge in [0.05, 0.1) is 6.61 Å². The number of fused-ring (bicyclic) bond motifs is 5. The fourth-order valence-electron chi connectivity index (χ4n) is 8.24. The minimum absolute atomic E-state index is 0.00278. The first kappa shape index (κ1) is 27.9. The van der Waals surface area contributed by atoms with Gasteiger partial charge in [-0.05, 0) is 44.1 Å². The number of aliphatic hydroxyl groups excluding tert-OH is 4. The van der Waals surface area contributed by atoms with Gasteiger partial charge in [0.2, 0.25) is 0 Å². The molecule has 0 radical (unpaired) electrons. The van der Waals surface area contributed by atoms with Crippen molar-refractivity contribution < 1.29 is 53.8 Å². The Labute approximate surface area is 219 Å². The molecule has 38 heavy (non-hydrogen) atoms. The van der Waals surface area contributed by atoms with Gasteiger partial charge in [-0.25, -0.2) is 4.39 Å². The van der Waals surface area contributed by atoms with Crippen molar-refractivity contribution in [1.82, 2.24) is 0 Å². The lowest BCUT2D eigenvalue weighted by molar-refractivity contribution is -0.300. The number of ether oxygens (including phenoxy) is 2. The van der Waals surface area contributed by atoms with Crippen molar-refractivity contribution in [2.45, 2.75) is 101 Å². The molecule has 1 heterocycles. The van der Waals surface area contributed by atoms with Crippen LogP contribution in [0, 0.1) is 22.7 Å². The van der Waals surface area contributed by atoms with E-state index in [9.17, 15) is 39.9 Å². The van der Waals surface area contributed by atoms with E-state index in [-0.39, 0.29) is 31.5 Å². The lowest BCUT2D eigenvalue weighted by Gasteiger charge is -2.60. The highest BCUT2D eigenvalue weighted by Crippen LogP contribution is 2.69. The van der Waals surface area contributed by atoms with Crippen molar-refractivity contribution in [2.24, 2.45) is 22.7 Å². The zero-order valence-corrected chi connectivity index (χ0v) is 21.6. The first-order valence-electron chi connectivity index (χ1n) is 13.4. The highest BCUT2D eigenvalue weighted by atomic mass is 19.1. The van der Waals surface area contributed by atoms with E-state index in [1.807, 2.05) is 0 Å². The van der Waals surface area contributed by atoms with Crippen molar-refractivity contribution in [3.63, 3.8) is 0 Å². The largest absolute Gasteiger partial charge is 0.394 e. The van der Waals surface area contributed by atoms with E-state index in [1.165, 1.54) is 6.08 Å². The van der Waals surface area contributed by atoms with Gasteiger partial charge in [0.15, 0.2) is 29.3 Å². The summed E-state index contributed by atoms with van der Waals surface area (Å²) >= 11 is 0. The molecule has 0 bridgehead atoms. The molecule has 4 fully saturated rings. The third-order valence-corrected chi connectivity index (χ3v) is 10.6. The normalized spacial score (nSPS) is 50.6. The number of aliphatic hydroxyl groups is 5. The summed E-state index contributed by atoms with van der Waals surface area (Å²) in [4.78, 5) is 39.1. The van der Waals surface area contributed by atoms with E-state index in [2.05, 4.69) is 0 Å². The summed E-state index contributed by atoms with van der Waals surface area (Å²) in [6.45, 7) is 1.97. The first-order chi connectivity index (χ1) is 17.7. The van der Waals surface area contributed by atoms with Crippen LogP contribution < -0.4 is 0 Å². The molecule has 0 amide bonds. The molecule has 11 atom stereocenters. The van der Waals surface area contributed by atoms with Gasteiger partial charge < -0.3 is 35.0 Å². The van der Waals surface area contributed by atoms with Gasteiger partial charge in [0.1, 0.15) is 36.6 Å². The van der Waals surface area contributed by atoms with Crippen LogP contribution in [0.5, 0.6) is 0 Å². The van der Waals surface area contributed by atoms with Crippen LogP contribution >= 0.6 is 0 Å². The summed E-state index contributed by atoms with van der Waals surface area (Å²) in [7, 11) is 0. The number of rotatable bonds is 5. The Bertz CT molecular complexity index is 1060. The van der Waals surface area contributed by atoms with Crippen LogP contribution in [0.15, 0.2) is 11.6 Å². The predicted molar refractivity (Wildman–Crippen MR) is 127 cm³/mol. The number of allylic oxidation sites excluding steroid dienone is 1. The van der Waals surface area contributed by atoms with Crippen molar-refractivity contribution in [3.8, 4) is 0 Å². The molecule has 212 valence electrons. The molecule has 0 spiro atoms. The summed E-state index contributed by atoms with van der Waals surface area (Å²) < 4.78 is 27.8. The van der Waals surface area contributed by atoms with Crippen LogP contribution in [0.4, 0.5) is 4.39 Å². The Morgan fingerprint density at radius 3 is 2.47 bits per heavy atom. The molecule has 5 rings (SSSR count). The molecule has 3 saturated carbocycles. The van der Waals surface area contributed by atoms with Crippen LogP contribution in [0.25, 0.3) is 0 Å². The number of hydrogen-bond acceptors (Lipinski definition) is 10. The van der Waals surface area contributed by atoms with Crippen molar-refractivity contribution in [1.29, 1.82) is 0 Å². The van der Waals surface area contributed by atoms with E-state index < -0.39 is 89.4 Å². The maximum Gasteiger partial charge on any atom is 0.190 e. The third-order valence-electron chi connectivity index (χ3n) is 10.6. The molecule has 0 aromatic heterocycles. The van der Waals surface area contributed by atoms with Crippen LogP contribution in [-0.4, -0.2) is 98.1 Å². The van der Waals surface area contributed by atoms with Gasteiger partial charge in [0, 0.05) is 29.6 Å². The maximum absolute atomic E-state index is 17.1. The van der Waals surface area contributed by atoms with E-state index in [1.54, 1.807) is 13.8 Å². The average molecular weight is 541 g/mol. The minimum atomic E-state index is -2.19. The highest BCUT2D eigenvalue weighted by Gasteiger charge is 2.74. The summed E-state index contributed by atoms with van der Waals surface area (Å²) in [5.41, 5.74) is -5.87. The summed E-state index contributed by atoms with van der Waals surface area (Å²) in [6, 6.07) is 0. The second kappa shape index (κ2) is 9.22. The fourth-order valence-corrected chi connectivity index (χ4v) is 8.24. The van der Waals surface area contributed by atoms with Gasteiger partial charge in [-0.1, -0.05) is 19.4 Å². The first-order valence-corrected chi connectivity index (χ1v) is 13.4. The minimum Gasteiger partial charge on any atom is -0.394 e. The predicted octanol–water partition coefficient (Wildman–Crippen LogP) is -0.0939. The standard InChI is InChI=1S/C27H37FO10/c1-24-7-5-14(30)9-13(24)3-4-16-15-6-8-26(36,25(15,2)10-18(31)27(16,24)28)19(32)12-37-23-22(35)21(34)20(33)17(11-29)38-23/h9,15-17,20-23,29,33-36H,3-8,10-12H2,1-2H3/t15-,16-,17+,20-,21-,22+,23?,24-,25-,26-,27-/m0/s1. The third kappa shape index (κ3) is 3.59. The fraction of sp³-hybridized carbons (Fsp3) is 0.815. The molecule has 5 N–H and O–H groups in total. The molecule has 1 aliphatic heterocycles. The van der Waals surface area contributed by atoms with Gasteiger partial charge >= 0.3 is 0 Å². The molecule has 1 unspecified atom stereocenters. The highest BCUT2D eigenvalue weighted by molar-refractivity contribution is 5.97. The van der Waals surface area contributed by atoms with Crippen LogP contribution in [0.2, 0.25) is 0 Å². The molecular weight excluding hydrogens is 503 g/mol. The Hall–Kier alpha value is -1.60. The molecule has 11 heteroatoms. The monoisotopic (exact) mass is 540 g/mol. The Morgan fingerprint density at radius 2 is 1.79 bits per heavy atom. The van der Waals surface area contributed by atoms with Crippen LogP contribution in [0.1, 0.15) is 58.8 Å². The topological polar surface area (TPSA) is 171 Å². The number of Topliss-reactive ketones (excluding diaryl/α,β-unsaturated/α-hetero) is 2. The smallest absolute Gasteiger partial charge is 0.190 e. The summed E-state index contributed by atoms with van der Waals surface area (Å²) in [6.07, 6.45) is -5.04. The number of alkyl halides is 1. The van der Waals surface area contributed by atoms with E-state index in [0.717, 1.165) is 0 Å². The van der Waals surface area contributed by atoms with E-state index in [0.29, 0.717) is 24.8 Å². The Balaban J connectivity index is 1.37. The lowest BCUT2D eigenvalue weighted by Crippen LogP contribution is -2.68. The van der Waals surface area contributed by atoms with E-state index in [4.69, 9.17) is 9.47 Å². The van der Waals surface area contributed by atoms with Crippen LogP contribution in [0.3, 0.4) is 0 Å². The average Bonchev–Trinajstić information content (AvgIpc) is 3.14. The zero-order chi connectivity index (χ0) is 27.8. The number of carbonyl (C=O) groups is 3. The Kier molecular flexibility index (Phi) is 6.78. The quantitative estimate of drug-likeness (QED) is 0.317. The number of ketones is 3. The zero-order valence-electron chi connectivity index (χ0n) is 21.6. The second-order valence-electron chi connectivity index (χ2n) is 12.3. The molecule has 4 aliphatic carbocycles. The van der Waals surface area contributed by atoms with Gasteiger partial charge in [-0.15, -0.1) is 0 Å². The summed E-state index contributed by atoms with van der Waals surface area (Å²) in [5, 5.41) is 51.2. The molecule has 5 aliphatic rings. The van der Waals surface area contributed by atoms with Crippen molar-refractivity contribution in [3.05, 3.63) is 11.6 Å². The molecule has 0 aromatic carbocycles. The number of halogens is 1. The van der Waals surface area contributed by atoms with E-state index >= 15 is 4.39 Å². The van der Waals surface area contributed by atoms with Gasteiger partial charge in [-0.3, -0.25) is 14.4 Å². The second-order valence-corrected chi connectivity index (χ2v) is 12.3. The molecule has 1 saturated heterocycles. The Morgan fingerprint density at radius 1 is 1.08 bits per heavy atom. The molecule has 0 aromatic rings. The maximum atomic E-state index is 17.1. The van der Waals surface area contributed by atoms with Crippen molar-refractivity contribution in [2.75, 3.05) is 13.2 Å². The van der Waals surface area contributed by atoms with Gasteiger partial charge in [0.25, 0.3) is 0 Å². The summed E-state index contributed by atoms with van der Waals surface area (Å²) in [5.74, 6) is -2.65. The van der Waals surface area contributed by atoms with Crippen molar-refractivity contribution >= 4 is 17.3 Å². The SMILES string of the molecule is C[C@]12CCC(=O)C=C1CC[C@H]1[C@@H]3CC[C@](O)(C(=O)COC4O[C@H](CO)[C@H](O)[C@H](O)[C@H]4O)[C@@]3(C)CC(=O)[C@@]12F. The number of hydrogen-bond donors (Lipinski definition) is 5. The molecule has 10 nitrogen and oxygen atoms in total. The molecular formula is C27H37FO10. The van der Waals surface area contributed by atoms with Crippen LogP contribution in [-0.2, 0) is 23.9 Å². The lowest BCUT2D eigenvalue weighted by atomic mass is 9.44.